The number of ether oxygens (including phenoxy) is 1. The van der Waals surface area contributed by atoms with Crippen LogP contribution in [0.25, 0.3) is 0 Å². The highest BCUT2D eigenvalue weighted by Gasteiger charge is 2.21. The lowest BCUT2D eigenvalue weighted by Crippen LogP contribution is -2.42. The third kappa shape index (κ3) is 4.66. The van der Waals surface area contributed by atoms with Crippen LogP contribution in [-0.4, -0.2) is 43.6 Å². The summed E-state index contributed by atoms with van der Waals surface area (Å²) in [4.78, 5) is 14.4. The van der Waals surface area contributed by atoms with Gasteiger partial charge in [-0.05, 0) is 29.8 Å². The van der Waals surface area contributed by atoms with Crippen molar-refractivity contribution in [3.05, 3.63) is 71.3 Å². The van der Waals surface area contributed by atoms with E-state index in [9.17, 15) is 4.79 Å². The van der Waals surface area contributed by atoms with Crippen molar-refractivity contribution in [2.45, 2.75) is 6.10 Å². The highest BCUT2D eigenvalue weighted by atomic mass is 16.5. The second-order valence-electron chi connectivity index (χ2n) is 6.02. The van der Waals surface area contributed by atoms with Crippen LogP contribution in [0, 0.1) is 11.3 Å². The molecule has 0 radical (unpaired) electrons. The van der Waals surface area contributed by atoms with Crippen LogP contribution in [0.15, 0.2) is 54.6 Å². The van der Waals surface area contributed by atoms with E-state index in [1.165, 1.54) is 5.56 Å². The summed E-state index contributed by atoms with van der Waals surface area (Å²) in [5.41, 5.74) is 2.31. The van der Waals surface area contributed by atoms with Gasteiger partial charge < -0.3 is 10.1 Å². The first-order chi connectivity index (χ1) is 12.3. The van der Waals surface area contributed by atoms with Gasteiger partial charge in [-0.3, -0.25) is 9.69 Å². The van der Waals surface area contributed by atoms with Gasteiger partial charge in [0.25, 0.3) is 5.91 Å². The number of amides is 1. The minimum absolute atomic E-state index is 0.0872. The lowest BCUT2D eigenvalue weighted by atomic mass is 10.1. The summed E-state index contributed by atoms with van der Waals surface area (Å²) in [6, 6.07) is 18.9. The fraction of sp³-hybridized carbons (Fsp3) is 0.300. The smallest absolute Gasteiger partial charge is 0.251 e. The molecule has 128 valence electrons. The summed E-state index contributed by atoms with van der Waals surface area (Å²) in [5.74, 6) is -0.114. The van der Waals surface area contributed by atoms with E-state index in [-0.39, 0.29) is 12.0 Å². The van der Waals surface area contributed by atoms with E-state index in [2.05, 4.69) is 22.3 Å². The lowest BCUT2D eigenvalue weighted by molar-refractivity contribution is -0.0293. The van der Waals surface area contributed by atoms with Crippen molar-refractivity contribution in [3.63, 3.8) is 0 Å². The van der Waals surface area contributed by atoms with Crippen LogP contribution in [0.3, 0.4) is 0 Å². The van der Waals surface area contributed by atoms with Crippen molar-refractivity contribution < 1.29 is 9.53 Å². The summed E-state index contributed by atoms with van der Waals surface area (Å²) in [6.07, 6.45) is 0.0872. The van der Waals surface area contributed by atoms with Gasteiger partial charge in [-0.2, -0.15) is 5.26 Å². The van der Waals surface area contributed by atoms with Gasteiger partial charge >= 0.3 is 0 Å². The quantitative estimate of drug-likeness (QED) is 0.911. The molecule has 25 heavy (non-hydrogen) atoms. The van der Waals surface area contributed by atoms with Gasteiger partial charge in [0.15, 0.2) is 0 Å². The van der Waals surface area contributed by atoms with E-state index in [0.29, 0.717) is 24.3 Å². The molecular formula is C20H21N3O2. The fourth-order valence-corrected chi connectivity index (χ4v) is 2.90. The Kier molecular flexibility index (Phi) is 5.78. The first-order valence-electron chi connectivity index (χ1n) is 8.43. The number of carbonyl (C=O) groups excluding carboxylic acids is 1. The van der Waals surface area contributed by atoms with Crippen molar-refractivity contribution in [3.8, 4) is 6.07 Å². The second kappa shape index (κ2) is 8.43. The number of carbonyl (C=O) groups is 1. The van der Waals surface area contributed by atoms with Gasteiger partial charge in [0.05, 0.1) is 24.3 Å². The highest BCUT2D eigenvalue weighted by Crippen LogP contribution is 2.21. The molecule has 0 aromatic heterocycles. The molecule has 0 spiro atoms. The maximum Gasteiger partial charge on any atom is 0.251 e. The van der Waals surface area contributed by atoms with Crippen molar-refractivity contribution in [2.24, 2.45) is 0 Å². The van der Waals surface area contributed by atoms with Crippen LogP contribution in [0.1, 0.15) is 27.6 Å². The first-order valence-corrected chi connectivity index (χ1v) is 8.43. The molecule has 1 atom stereocenters. The van der Waals surface area contributed by atoms with Gasteiger partial charge in [-0.1, -0.05) is 30.3 Å². The van der Waals surface area contributed by atoms with Crippen LogP contribution >= 0.6 is 0 Å². The second-order valence-corrected chi connectivity index (χ2v) is 6.02. The van der Waals surface area contributed by atoms with E-state index >= 15 is 0 Å². The van der Waals surface area contributed by atoms with Crippen LogP contribution in [0.2, 0.25) is 0 Å². The normalized spacial score (nSPS) is 17.6. The number of hydrogen-bond acceptors (Lipinski definition) is 4. The molecular weight excluding hydrogens is 314 g/mol. The molecule has 0 aliphatic carbocycles. The summed E-state index contributed by atoms with van der Waals surface area (Å²) in [6.45, 7) is 3.77. The minimum atomic E-state index is -0.114. The zero-order valence-electron chi connectivity index (χ0n) is 14.0. The van der Waals surface area contributed by atoms with Crippen LogP contribution < -0.4 is 5.32 Å². The number of nitrogens with one attached hydrogen (secondary N) is 1. The fourth-order valence-electron chi connectivity index (χ4n) is 2.90. The molecule has 2 aromatic rings. The van der Waals surface area contributed by atoms with E-state index in [1.807, 2.05) is 24.3 Å². The zero-order chi connectivity index (χ0) is 17.5. The van der Waals surface area contributed by atoms with Crippen molar-refractivity contribution >= 4 is 5.91 Å². The van der Waals surface area contributed by atoms with Gasteiger partial charge in [0.1, 0.15) is 0 Å². The Morgan fingerprint density at radius 3 is 2.68 bits per heavy atom. The molecule has 2 aromatic carbocycles. The number of nitriles is 1. The number of rotatable bonds is 5. The third-order valence-electron chi connectivity index (χ3n) is 4.31. The molecule has 1 amide bonds. The molecule has 3 rings (SSSR count). The Morgan fingerprint density at radius 1 is 1.20 bits per heavy atom. The molecule has 1 aliphatic heterocycles. The monoisotopic (exact) mass is 335 g/mol. The topological polar surface area (TPSA) is 65.4 Å². The average molecular weight is 335 g/mol. The molecule has 1 saturated heterocycles. The molecule has 0 saturated carbocycles. The molecule has 1 fully saturated rings. The Labute approximate surface area is 147 Å². The maximum absolute atomic E-state index is 12.1. The largest absolute Gasteiger partial charge is 0.371 e. The zero-order valence-corrected chi connectivity index (χ0v) is 14.0. The van der Waals surface area contributed by atoms with Gasteiger partial charge in [0, 0.05) is 31.7 Å². The highest BCUT2D eigenvalue weighted by molar-refractivity contribution is 5.94. The Hall–Kier alpha value is -2.68. The van der Waals surface area contributed by atoms with E-state index in [4.69, 9.17) is 10.00 Å². The minimum Gasteiger partial charge on any atom is -0.371 e. The SMILES string of the molecule is N#Cc1ccc(C(=O)NCCN2CCO[C@@H](c3ccccc3)C2)cc1. The third-order valence-corrected chi connectivity index (χ3v) is 4.31. The van der Waals surface area contributed by atoms with Gasteiger partial charge in [0.2, 0.25) is 0 Å². The molecule has 1 heterocycles. The Bertz CT molecular complexity index is 738. The number of nitrogens with zero attached hydrogens (tertiary/aromatic N) is 2. The Morgan fingerprint density at radius 2 is 1.96 bits per heavy atom. The number of morpholine rings is 1. The van der Waals surface area contributed by atoms with Crippen molar-refractivity contribution in [1.82, 2.24) is 10.2 Å². The summed E-state index contributed by atoms with van der Waals surface area (Å²) in [5, 5.41) is 11.7. The maximum atomic E-state index is 12.1. The van der Waals surface area contributed by atoms with Gasteiger partial charge in [-0.15, -0.1) is 0 Å². The molecule has 5 heteroatoms. The summed E-state index contributed by atoms with van der Waals surface area (Å²) in [7, 11) is 0. The molecule has 1 N–H and O–H groups in total. The van der Waals surface area contributed by atoms with Crippen LogP contribution in [0.4, 0.5) is 0 Å². The standard InChI is InChI=1S/C20H21N3O2/c21-14-16-6-8-18(9-7-16)20(24)22-10-11-23-12-13-25-19(15-23)17-4-2-1-3-5-17/h1-9,19H,10-13,15H2,(H,22,24)/t19-/m1/s1. The average Bonchev–Trinajstić information content (AvgIpc) is 2.69. The first kappa shape index (κ1) is 17.2. The van der Waals surface area contributed by atoms with E-state index in [1.54, 1.807) is 24.3 Å². The lowest BCUT2D eigenvalue weighted by Gasteiger charge is -2.33. The van der Waals surface area contributed by atoms with Gasteiger partial charge in [-0.25, -0.2) is 0 Å². The van der Waals surface area contributed by atoms with Crippen molar-refractivity contribution in [2.75, 3.05) is 32.8 Å². The Balaban J connectivity index is 1.46. The predicted molar refractivity (Wildman–Crippen MR) is 95.1 cm³/mol. The summed E-state index contributed by atoms with van der Waals surface area (Å²) >= 11 is 0. The molecule has 5 nitrogen and oxygen atoms in total. The molecule has 1 aliphatic rings. The van der Waals surface area contributed by atoms with Crippen LogP contribution in [-0.2, 0) is 4.74 Å². The summed E-state index contributed by atoms with van der Waals surface area (Å²) < 4.78 is 5.86. The van der Waals surface area contributed by atoms with Crippen molar-refractivity contribution in [1.29, 1.82) is 5.26 Å². The number of hydrogen-bond donors (Lipinski definition) is 1. The van der Waals surface area contributed by atoms with E-state index < -0.39 is 0 Å². The molecule has 0 unspecified atom stereocenters. The molecule has 0 bridgehead atoms. The number of benzene rings is 2. The van der Waals surface area contributed by atoms with E-state index in [0.717, 1.165) is 19.6 Å². The van der Waals surface area contributed by atoms with Crippen LogP contribution in [0.5, 0.6) is 0 Å². The predicted octanol–water partition coefficient (Wildman–Crippen LogP) is 2.36.